The summed E-state index contributed by atoms with van der Waals surface area (Å²) in [5.41, 5.74) is 0.935. The molecule has 2 aromatic rings. The molecular weight excluding hydrogens is 366 g/mol. The second kappa shape index (κ2) is 7.92. The summed E-state index contributed by atoms with van der Waals surface area (Å²) >= 11 is 0. The summed E-state index contributed by atoms with van der Waals surface area (Å²) < 4.78 is 25.4. The molecule has 1 heterocycles. The van der Waals surface area contributed by atoms with Crippen LogP contribution in [-0.4, -0.2) is 43.4 Å². The average Bonchev–Trinajstić information content (AvgIpc) is 2.68. The molecule has 1 fully saturated rings. The molecule has 1 atom stereocenters. The quantitative estimate of drug-likeness (QED) is 0.851. The summed E-state index contributed by atoms with van der Waals surface area (Å²) in [6.45, 7) is 0.624. The van der Waals surface area contributed by atoms with Crippen molar-refractivity contribution in [3.8, 4) is 0 Å². The fourth-order valence-electron chi connectivity index (χ4n) is 3.25. The molecule has 142 valence electrons. The maximum atomic E-state index is 12.7. The van der Waals surface area contributed by atoms with Crippen LogP contribution < -0.4 is 0 Å². The zero-order valence-electron chi connectivity index (χ0n) is 14.7. The number of aliphatic carboxylic acids is 1. The fourth-order valence-corrected chi connectivity index (χ4v) is 4.64. The summed E-state index contributed by atoms with van der Waals surface area (Å²) in [7, 11) is -3.59. The number of rotatable bonds is 5. The predicted octanol–water partition coefficient (Wildman–Crippen LogP) is 2.60. The Morgan fingerprint density at radius 1 is 1.07 bits per heavy atom. The SMILES string of the molecule is O=C(O)C1CCCN(C(=O)c2cccc(S(=O)(=O)Cc3ccccc3)c2)C1. The van der Waals surface area contributed by atoms with Gasteiger partial charge in [-0.25, -0.2) is 8.42 Å². The molecule has 1 saturated heterocycles. The predicted molar refractivity (Wildman–Crippen MR) is 100 cm³/mol. The van der Waals surface area contributed by atoms with Crippen LogP contribution in [0.5, 0.6) is 0 Å². The largest absolute Gasteiger partial charge is 0.481 e. The van der Waals surface area contributed by atoms with Gasteiger partial charge in [0.25, 0.3) is 5.91 Å². The molecule has 0 bridgehead atoms. The first kappa shape index (κ1) is 19.1. The molecular formula is C20H21NO5S. The molecule has 1 unspecified atom stereocenters. The van der Waals surface area contributed by atoms with E-state index in [1.54, 1.807) is 36.4 Å². The molecule has 0 aromatic heterocycles. The highest BCUT2D eigenvalue weighted by molar-refractivity contribution is 7.90. The van der Waals surface area contributed by atoms with Crippen LogP contribution in [0.25, 0.3) is 0 Å². The van der Waals surface area contributed by atoms with Crippen molar-refractivity contribution in [3.63, 3.8) is 0 Å². The second-order valence-corrected chi connectivity index (χ2v) is 8.69. The molecule has 0 saturated carbocycles. The number of nitrogens with zero attached hydrogens (tertiary/aromatic N) is 1. The van der Waals surface area contributed by atoms with E-state index in [9.17, 15) is 23.1 Å². The van der Waals surface area contributed by atoms with Gasteiger partial charge in [-0.15, -0.1) is 0 Å². The van der Waals surface area contributed by atoms with Crippen molar-refractivity contribution in [1.29, 1.82) is 0 Å². The van der Waals surface area contributed by atoms with Crippen molar-refractivity contribution in [1.82, 2.24) is 4.90 Å². The van der Waals surface area contributed by atoms with Crippen molar-refractivity contribution in [2.24, 2.45) is 5.92 Å². The van der Waals surface area contributed by atoms with Gasteiger partial charge in [-0.1, -0.05) is 36.4 Å². The number of carbonyl (C=O) groups is 2. The van der Waals surface area contributed by atoms with Crippen LogP contribution in [0.2, 0.25) is 0 Å². The van der Waals surface area contributed by atoms with Crippen molar-refractivity contribution in [2.45, 2.75) is 23.5 Å². The monoisotopic (exact) mass is 387 g/mol. The Morgan fingerprint density at radius 3 is 2.52 bits per heavy atom. The van der Waals surface area contributed by atoms with Gasteiger partial charge in [-0.2, -0.15) is 0 Å². The summed E-state index contributed by atoms with van der Waals surface area (Å²) in [4.78, 5) is 25.5. The van der Waals surface area contributed by atoms with Crippen molar-refractivity contribution in [2.75, 3.05) is 13.1 Å². The van der Waals surface area contributed by atoms with E-state index < -0.39 is 21.7 Å². The van der Waals surface area contributed by atoms with Gasteiger partial charge in [0.15, 0.2) is 9.84 Å². The Morgan fingerprint density at radius 2 is 1.81 bits per heavy atom. The van der Waals surface area contributed by atoms with Crippen molar-refractivity contribution in [3.05, 3.63) is 65.7 Å². The average molecular weight is 387 g/mol. The molecule has 6 nitrogen and oxygen atoms in total. The van der Waals surface area contributed by atoms with E-state index in [2.05, 4.69) is 0 Å². The third-order valence-electron chi connectivity index (χ3n) is 4.70. The summed E-state index contributed by atoms with van der Waals surface area (Å²) in [6, 6.07) is 14.8. The number of carboxylic acid groups (broad SMARTS) is 1. The number of amides is 1. The minimum absolute atomic E-state index is 0.0870. The number of piperidine rings is 1. The van der Waals surface area contributed by atoms with Gasteiger partial charge < -0.3 is 10.0 Å². The molecule has 27 heavy (non-hydrogen) atoms. The van der Waals surface area contributed by atoms with Crippen LogP contribution in [0.4, 0.5) is 0 Å². The first-order valence-corrected chi connectivity index (χ1v) is 10.4. The van der Waals surface area contributed by atoms with E-state index >= 15 is 0 Å². The molecule has 1 aliphatic heterocycles. The van der Waals surface area contributed by atoms with Gasteiger partial charge >= 0.3 is 5.97 Å². The van der Waals surface area contributed by atoms with E-state index in [1.165, 1.54) is 17.0 Å². The van der Waals surface area contributed by atoms with E-state index in [0.29, 0.717) is 24.9 Å². The van der Waals surface area contributed by atoms with E-state index in [1.807, 2.05) is 6.07 Å². The van der Waals surface area contributed by atoms with Gasteiger partial charge in [0.05, 0.1) is 16.6 Å². The Kier molecular flexibility index (Phi) is 5.60. The highest BCUT2D eigenvalue weighted by Gasteiger charge is 2.29. The Balaban J connectivity index is 1.80. The molecule has 3 rings (SSSR count). The number of carboxylic acids is 1. The minimum atomic E-state index is -3.59. The van der Waals surface area contributed by atoms with E-state index in [4.69, 9.17) is 0 Å². The van der Waals surface area contributed by atoms with Gasteiger partial charge in [-0.05, 0) is 36.6 Å². The lowest BCUT2D eigenvalue weighted by Gasteiger charge is -2.30. The number of carbonyl (C=O) groups excluding carboxylic acids is 1. The van der Waals surface area contributed by atoms with Crippen molar-refractivity contribution < 1.29 is 23.1 Å². The number of hydrogen-bond acceptors (Lipinski definition) is 4. The molecule has 7 heteroatoms. The van der Waals surface area contributed by atoms with Crippen LogP contribution in [0.3, 0.4) is 0 Å². The van der Waals surface area contributed by atoms with Crippen LogP contribution in [-0.2, 0) is 20.4 Å². The number of benzene rings is 2. The summed E-state index contributed by atoms with van der Waals surface area (Å²) in [5.74, 6) is -1.96. The van der Waals surface area contributed by atoms with Crippen LogP contribution in [0.1, 0.15) is 28.8 Å². The Hall–Kier alpha value is -2.67. The van der Waals surface area contributed by atoms with Crippen molar-refractivity contribution >= 4 is 21.7 Å². The second-order valence-electron chi connectivity index (χ2n) is 6.70. The molecule has 2 aromatic carbocycles. The maximum Gasteiger partial charge on any atom is 0.308 e. The van der Waals surface area contributed by atoms with Gasteiger partial charge in [0.2, 0.25) is 0 Å². The van der Waals surface area contributed by atoms with E-state index in [-0.39, 0.29) is 28.7 Å². The third-order valence-corrected chi connectivity index (χ3v) is 6.38. The first-order valence-electron chi connectivity index (χ1n) is 8.75. The Labute approximate surface area is 158 Å². The zero-order chi connectivity index (χ0) is 19.4. The number of hydrogen-bond donors (Lipinski definition) is 1. The normalized spacial score (nSPS) is 17.5. The smallest absolute Gasteiger partial charge is 0.308 e. The molecule has 1 N–H and O–H groups in total. The highest BCUT2D eigenvalue weighted by Crippen LogP contribution is 2.22. The first-order chi connectivity index (χ1) is 12.9. The Bertz CT molecular complexity index is 940. The minimum Gasteiger partial charge on any atom is -0.481 e. The van der Waals surface area contributed by atoms with Crippen LogP contribution >= 0.6 is 0 Å². The zero-order valence-corrected chi connectivity index (χ0v) is 15.6. The molecule has 0 spiro atoms. The topological polar surface area (TPSA) is 91.8 Å². The van der Waals surface area contributed by atoms with Crippen LogP contribution in [0.15, 0.2) is 59.5 Å². The summed E-state index contributed by atoms with van der Waals surface area (Å²) in [5, 5.41) is 9.18. The lowest BCUT2D eigenvalue weighted by Crippen LogP contribution is -2.42. The maximum absolute atomic E-state index is 12.7. The van der Waals surface area contributed by atoms with Gasteiger partial charge in [0.1, 0.15) is 0 Å². The lowest BCUT2D eigenvalue weighted by molar-refractivity contribution is -0.143. The summed E-state index contributed by atoms with van der Waals surface area (Å²) in [6.07, 6.45) is 1.17. The fraction of sp³-hybridized carbons (Fsp3) is 0.300. The van der Waals surface area contributed by atoms with Gasteiger partial charge in [0, 0.05) is 18.7 Å². The molecule has 1 aliphatic rings. The van der Waals surface area contributed by atoms with E-state index in [0.717, 1.165) is 0 Å². The van der Waals surface area contributed by atoms with Gasteiger partial charge in [-0.3, -0.25) is 9.59 Å². The number of sulfone groups is 1. The number of likely N-dealkylation sites (tertiary alicyclic amines) is 1. The standard InChI is InChI=1S/C20H21NO5S/c22-19(21-11-5-9-17(13-21)20(23)24)16-8-4-10-18(12-16)27(25,26)14-15-6-2-1-3-7-15/h1-4,6-8,10,12,17H,5,9,11,13-14H2,(H,23,24). The molecule has 1 amide bonds. The lowest BCUT2D eigenvalue weighted by atomic mass is 9.97. The third kappa shape index (κ3) is 4.54. The highest BCUT2D eigenvalue weighted by atomic mass is 32.2. The molecule has 0 radical (unpaired) electrons. The molecule has 0 aliphatic carbocycles. The van der Waals surface area contributed by atoms with Crippen LogP contribution in [0, 0.1) is 5.92 Å².